The van der Waals surface area contributed by atoms with Crippen LogP contribution in [-0.2, 0) is 9.53 Å². The van der Waals surface area contributed by atoms with Gasteiger partial charge in [-0.05, 0) is 12.1 Å². The Labute approximate surface area is 191 Å². The maximum absolute atomic E-state index is 11.1. The van der Waals surface area contributed by atoms with Crippen molar-refractivity contribution in [3.05, 3.63) is 91.5 Å². The van der Waals surface area contributed by atoms with Crippen LogP contribution >= 0.6 is 0 Å². The minimum absolute atomic E-state index is 0.0418. The van der Waals surface area contributed by atoms with Crippen molar-refractivity contribution in [3.63, 3.8) is 0 Å². The van der Waals surface area contributed by atoms with E-state index in [9.17, 15) is 9.90 Å². The number of hydrogen-bond donors (Lipinski definition) is 1. The number of phenolic OH excluding ortho intramolecular Hbond substituents is 1. The number of phenols is 1. The summed E-state index contributed by atoms with van der Waals surface area (Å²) in [4.78, 5) is 24.9. The summed E-state index contributed by atoms with van der Waals surface area (Å²) in [5.41, 5.74) is 2.12. The standard InChI is InChI=1S/C26H21N3O4/c1-2-23(31)33-16-15-32-20-13-14-21(22(30)17-20)26-28-24(18-9-5-3-6-10-18)27-25(29-26)19-11-7-4-8-12-19/h2-14,17,30H,1,15-16H2. The molecule has 0 spiro atoms. The predicted molar refractivity (Wildman–Crippen MR) is 124 cm³/mol. The van der Waals surface area contributed by atoms with E-state index >= 15 is 0 Å². The zero-order valence-corrected chi connectivity index (χ0v) is 17.7. The summed E-state index contributed by atoms with van der Waals surface area (Å²) in [5.74, 6) is 1.21. The van der Waals surface area contributed by atoms with Gasteiger partial charge >= 0.3 is 5.97 Å². The van der Waals surface area contributed by atoms with Gasteiger partial charge in [0.05, 0.1) is 5.56 Å². The first kappa shape index (κ1) is 21.7. The molecule has 0 bridgehead atoms. The SMILES string of the molecule is C=CC(=O)OCCOc1ccc(-c2nc(-c3ccccc3)nc(-c3ccccc3)n2)c(O)c1. The molecule has 7 heteroatoms. The molecule has 0 atom stereocenters. The molecule has 0 fully saturated rings. The Morgan fingerprint density at radius 1 is 0.818 bits per heavy atom. The summed E-state index contributed by atoms with van der Waals surface area (Å²) >= 11 is 0. The third-order valence-electron chi connectivity index (χ3n) is 4.67. The van der Waals surface area contributed by atoms with Crippen molar-refractivity contribution >= 4 is 5.97 Å². The Kier molecular flexibility index (Phi) is 6.70. The number of nitrogens with zero attached hydrogens (tertiary/aromatic N) is 3. The van der Waals surface area contributed by atoms with Gasteiger partial charge in [-0.2, -0.15) is 0 Å². The molecule has 0 saturated carbocycles. The second-order valence-electron chi connectivity index (χ2n) is 6.94. The van der Waals surface area contributed by atoms with Crippen LogP contribution in [0, 0.1) is 0 Å². The molecule has 0 aliphatic rings. The molecule has 0 radical (unpaired) electrons. The molecule has 0 aliphatic heterocycles. The lowest BCUT2D eigenvalue weighted by Gasteiger charge is -2.11. The van der Waals surface area contributed by atoms with Gasteiger partial charge in [-0.1, -0.05) is 67.2 Å². The van der Waals surface area contributed by atoms with E-state index in [-0.39, 0.29) is 19.0 Å². The molecule has 1 N–H and O–H groups in total. The average molecular weight is 439 g/mol. The third kappa shape index (κ3) is 5.40. The molecule has 0 unspecified atom stereocenters. The maximum Gasteiger partial charge on any atom is 0.330 e. The van der Waals surface area contributed by atoms with E-state index in [1.54, 1.807) is 12.1 Å². The Morgan fingerprint density at radius 2 is 1.39 bits per heavy atom. The van der Waals surface area contributed by atoms with Gasteiger partial charge in [0.25, 0.3) is 0 Å². The molecule has 1 aromatic heterocycles. The molecular weight excluding hydrogens is 418 g/mol. The molecule has 0 aliphatic carbocycles. The zero-order chi connectivity index (χ0) is 23.0. The number of benzene rings is 3. The summed E-state index contributed by atoms with van der Waals surface area (Å²) in [5, 5.41) is 10.7. The van der Waals surface area contributed by atoms with Gasteiger partial charge in [0.1, 0.15) is 24.7 Å². The number of esters is 1. The first-order valence-electron chi connectivity index (χ1n) is 10.3. The van der Waals surface area contributed by atoms with Crippen molar-refractivity contribution < 1.29 is 19.4 Å². The van der Waals surface area contributed by atoms with Crippen LogP contribution in [0.15, 0.2) is 91.5 Å². The highest BCUT2D eigenvalue weighted by molar-refractivity contribution is 5.81. The molecule has 1 heterocycles. The number of hydrogen-bond acceptors (Lipinski definition) is 7. The second-order valence-corrected chi connectivity index (χ2v) is 6.94. The molecular formula is C26H21N3O4. The fourth-order valence-corrected chi connectivity index (χ4v) is 3.08. The maximum atomic E-state index is 11.1. The van der Waals surface area contributed by atoms with Crippen LogP contribution in [0.3, 0.4) is 0 Å². The highest BCUT2D eigenvalue weighted by Crippen LogP contribution is 2.32. The first-order valence-corrected chi connectivity index (χ1v) is 10.3. The van der Waals surface area contributed by atoms with Crippen molar-refractivity contribution in [1.29, 1.82) is 0 Å². The molecule has 164 valence electrons. The normalized spacial score (nSPS) is 10.4. The van der Waals surface area contributed by atoms with Gasteiger partial charge < -0.3 is 14.6 Å². The average Bonchev–Trinajstić information content (AvgIpc) is 2.87. The Balaban J connectivity index is 1.65. The Morgan fingerprint density at radius 3 is 1.94 bits per heavy atom. The minimum atomic E-state index is -0.518. The van der Waals surface area contributed by atoms with Crippen molar-refractivity contribution in [2.24, 2.45) is 0 Å². The van der Waals surface area contributed by atoms with Crippen LogP contribution < -0.4 is 4.74 Å². The van der Waals surface area contributed by atoms with Crippen LogP contribution in [0.25, 0.3) is 34.2 Å². The van der Waals surface area contributed by atoms with Crippen LogP contribution in [0.4, 0.5) is 0 Å². The van der Waals surface area contributed by atoms with Gasteiger partial charge in [0.15, 0.2) is 17.5 Å². The topological polar surface area (TPSA) is 94.4 Å². The molecule has 33 heavy (non-hydrogen) atoms. The lowest BCUT2D eigenvalue weighted by Crippen LogP contribution is -2.10. The largest absolute Gasteiger partial charge is 0.507 e. The Hall–Kier alpha value is -4.52. The highest BCUT2D eigenvalue weighted by atomic mass is 16.6. The molecule has 3 aromatic carbocycles. The van der Waals surface area contributed by atoms with Gasteiger partial charge in [-0.15, -0.1) is 0 Å². The third-order valence-corrected chi connectivity index (χ3v) is 4.67. The molecule has 0 saturated heterocycles. The van der Waals surface area contributed by atoms with E-state index < -0.39 is 5.97 Å². The zero-order valence-electron chi connectivity index (χ0n) is 17.7. The molecule has 0 amide bonds. The number of ether oxygens (including phenoxy) is 2. The number of aromatic nitrogens is 3. The number of carbonyl (C=O) groups excluding carboxylic acids is 1. The first-order chi connectivity index (χ1) is 16.1. The van der Waals surface area contributed by atoms with E-state index in [0.29, 0.717) is 28.8 Å². The summed E-state index contributed by atoms with van der Waals surface area (Å²) in [6.45, 7) is 3.54. The van der Waals surface area contributed by atoms with E-state index in [0.717, 1.165) is 17.2 Å². The van der Waals surface area contributed by atoms with Crippen LogP contribution in [0.2, 0.25) is 0 Å². The lowest BCUT2D eigenvalue weighted by molar-refractivity contribution is -0.138. The summed E-state index contributed by atoms with van der Waals surface area (Å²) < 4.78 is 10.4. The van der Waals surface area contributed by atoms with Crippen molar-refractivity contribution in [1.82, 2.24) is 15.0 Å². The number of aromatic hydroxyl groups is 1. The van der Waals surface area contributed by atoms with Crippen molar-refractivity contribution in [2.45, 2.75) is 0 Å². The fraction of sp³-hybridized carbons (Fsp3) is 0.0769. The lowest BCUT2D eigenvalue weighted by atomic mass is 10.1. The molecule has 4 rings (SSSR count). The van der Waals surface area contributed by atoms with Crippen LogP contribution in [0.5, 0.6) is 11.5 Å². The van der Waals surface area contributed by atoms with Crippen LogP contribution in [0.1, 0.15) is 0 Å². The summed E-state index contributed by atoms with van der Waals surface area (Å²) in [6.07, 6.45) is 1.09. The van der Waals surface area contributed by atoms with E-state index in [2.05, 4.69) is 21.5 Å². The van der Waals surface area contributed by atoms with E-state index in [1.165, 1.54) is 6.07 Å². The van der Waals surface area contributed by atoms with Gasteiger partial charge in [0, 0.05) is 23.3 Å². The summed E-state index contributed by atoms with van der Waals surface area (Å²) in [7, 11) is 0. The number of carbonyl (C=O) groups is 1. The Bertz CT molecular complexity index is 1200. The highest BCUT2D eigenvalue weighted by Gasteiger charge is 2.15. The van der Waals surface area contributed by atoms with E-state index in [1.807, 2.05) is 60.7 Å². The smallest absolute Gasteiger partial charge is 0.330 e. The van der Waals surface area contributed by atoms with Crippen molar-refractivity contribution in [3.8, 4) is 45.7 Å². The monoisotopic (exact) mass is 439 g/mol. The molecule has 4 aromatic rings. The van der Waals surface area contributed by atoms with Gasteiger partial charge in [0.2, 0.25) is 0 Å². The second kappa shape index (κ2) is 10.2. The predicted octanol–water partition coefficient (Wildman–Crippen LogP) is 4.69. The summed E-state index contributed by atoms with van der Waals surface area (Å²) in [6, 6.07) is 24.0. The number of rotatable bonds is 8. The minimum Gasteiger partial charge on any atom is -0.507 e. The molecule has 7 nitrogen and oxygen atoms in total. The van der Waals surface area contributed by atoms with Gasteiger partial charge in [-0.3, -0.25) is 0 Å². The van der Waals surface area contributed by atoms with Gasteiger partial charge in [-0.25, -0.2) is 19.7 Å². The quantitative estimate of drug-likeness (QED) is 0.242. The van der Waals surface area contributed by atoms with E-state index in [4.69, 9.17) is 9.47 Å². The fourth-order valence-electron chi connectivity index (χ4n) is 3.08. The van der Waals surface area contributed by atoms with Crippen LogP contribution in [-0.4, -0.2) is 39.2 Å². The van der Waals surface area contributed by atoms with Crippen molar-refractivity contribution in [2.75, 3.05) is 13.2 Å².